The predicted octanol–water partition coefficient (Wildman–Crippen LogP) is 6.07. The second-order valence-corrected chi connectivity index (χ2v) is 9.94. The number of methoxy groups -OCH3 is 1. The lowest BCUT2D eigenvalue weighted by atomic mass is 10.3. The average molecular weight is 589 g/mol. The van der Waals surface area contributed by atoms with E-state index in [9.17, 15) is 0 Å². The lowest BCUT2D eigenvalue weighted by Gasteiger charge is -2.20. The quantitative estimate of drug-likeness (QED) is 0.214. The number of anilines is 2. The molecule has 0 saturated heterocycles. The van der Waals surface area contributed by atoms with E-state index < -0.39 is 0 Å². The number of nitrogens with zero attached hydrogens (tertiary/aromatic N) is 5. The fourth-order valence-corrected chi connectivity index (χ4v) is 5.35. The minimum atomic E-state index is 0.707. The Balaban J connectivity index is 1.74. The number of aromatic nitrogens is 4. The van der Waals surface area contributed by atoms with Crippen molar-refractivity contribution < 1.29 is 4.74 Å². The normalized spacial score (nSPS) is 11.3. The number of halogens is 1. The van der Waals surface area contributed by atoms with Gasteiger partial charge >= 0.3 is 0 Å². The third-order valence-corrected chi connectivity index (χ3v) is 7.86. The highest BCUT2D eigenvalue weighted by atomic mass is 127. The molecule has 34 heavy (non-hydrogen) atoms. The van der Waals surface area contributed by atoms with Gasteiger partial charge in [-0.05, 0) is 72.4 Å². The third-order valence-electron chi connectivity index (χ3n) is 5.50. The summed E-state index contributed by atoms with van der Waals surface area (Å²) in [6.45, 7) is 8.26. The van der Waals surface area contributed by atoms with Gasteiger partial charge in [-0.1, -0.05) is 43.8 Å². The maximum absolute atomic E-state index is 5.46. The van der Waals surface area contributed by atoms with E-state index in [2.05, 4.69) is 73.3 Å². The topological polar surface area (TPSA) is 68.1 Å². The van der Waals surface area contributed by atoms with Gasteiger partial charge in [-0.25, -0.2) is 15.0 Å². The summed E-state index contributed by atoms with van der Waals surface area (Å²) in [7, 11) is 1.69. The molecule has 0 bridgehead atoms. The van der Waals surface area contributed by atoms with Gasteiger partial charge in [0.2, 0.25) is 0 Å². The molecule has 1 N–H and O–H groups in total. The number of likely N-dealkylation sites (N-methyl/N-ethyl adjacent to an activating group) is 1. The molecule has 4 aromatic rings. The second-order valence-electron chi connectivity index (χ2n) is 7.76. The predicted molar refractivity (Wildman–Crippen MR) is 147 cm³/mol. The number of nitrogens with one attached hydrogen (secondary N) is 1. The van der Waals surface area contributed by atoms with E-state index in [1.54, 1.807) is 25.2 Å². The zero-order chi connectivity index (χ0) is 23.9. The number of fused-ring (bicyclic) bond motifs is 1. The molecule has 0 aliphatic rings. The molecule has 2 aromatic carbocycles. The van der Waals surface area contributed by atoms with Gasteiger partial charge < -0.3 is 19.5 Å². The van der Waals surface area contributed by atoms with Crippen LogP contribution in [0, 0.1) is 3.57 Å². The molecule has 0 radical (unpaired) electrons. The maximum atomic E-state index is 5.46. The molecule has 0 aliphatic carbocycles. The molecular weight excluding hydrogens is 559 g/mol. The van der Waals surface area contributed by atoms with Crippen molar-refractivity contribution >= 4 is 57.0 Å². The molecule has 0 amide bonds. The van der Waals surface area contributed by atoms with Crippen molar-refractivity contribution in [1.82, 2.24) is 24.4 Å². The van der Waals surface area contributed by atoms with Crippen LogP contribution in [0.3, 0.4) is 0 Å². The number of benzene rings is 2. The molecule has 2 heterocycles. The van der Waals surface area contributed by atoms with E-state index in [-0.39, 0.29) is 0 Å². The third kappa shape index (κ3) is 5.81. The Hall–Kier alpha value is -2.37. The molecular formula is C25H29IN6OS. The number of ether oxygens (including phenoxy) is 1. The van der Waals surface area contributed by atoms with Crippen LogP contribution >= 0.6 is 34.4 Å². The summed E-state index contributed by atoms with van der Waals surface area (Å²) in [5.74, 6) is 1.54. The first-order valence-corrected chi connectivity index (χ1v) is 13.3. The van der Waals surface area contributed by atoms with Gasteiger partial charge in [-0.3, -0.25) is 0 Å². The average Bonchev–Trinajstić information content (AvgIpc) is 3.21. The van der Waals surface area contributed by atoms with E-state index in [1.807, 2.05) is 36.4 Å². The minimum Gasteiger partial charge on any atom is -0.497 e. The lowest BCUT2D eigenvalue weighted by molar-refractivity contribution is 0.275. The van der Waals surface area contributed by atoms with Crippen molar-refractivity contribution in [2.24, 2.45) is 0 Å². The largest absolute Gasteiger partial charge is 0.497 e. The second kappa shape index (κ2) is 11.9. The summed E-state index contributed by atoms with van der Waals surface area (Å²) >= 11 is 3.99. The van der Waals surface area contributed by atoms with E-state index in [4.69, 9.17) is 9.72 Å². The summed E-state index contributed by atoms with van der Waals surface area (Å²) < 4.78 is 8.82. The Kier molecular flexibility index (Phi) is 8.63. The van der Waals surface area contributed by atoms with Crippen LogP contribution in [0.1, 0.15) is 20.3 Å². The van der Waals surface area contributed by atoms with Crippen molar-refractivity contribution in [2.75, 3.05) is 32.1 Å². The fraction of sp³-hybridized carbons (Fsp3) is 0.320. The van der Waals surface area contributed by atoms with Gasteiger partial charge in [0, 0.05) is 27.2 Å². The molecule has 4 rings (SSSR count). The first-order chi connectivity index (χ1) is 16.6. The minimum absolute atomic E-state index is 0.707. The summed E-state index contributed by atoms with van der Waals surface area (Å²) in [5.41, 5.74) is 2.57. The maximum Gasteiger partial charge on any atom is 0.175 e. The van der Waals surface area contributed by atoms with Gasteiger partial charge in [-0.2, -0.15) is 0 Å². The van der Waals surface area contributed by atoms with Gasteiger partial charge in [0.25, 0.3) is 0 Å². The zero-order valence-electron chi connectivity index (χ0n) is 19.7. The number of rotatable bonds is 11. The summed E-state index contributed by atoms with van der Waals surface area (Å²) in [4.78, 5) is 17.7. The van der Waals surface area contributed by atoms with Gasteiger partial charge in [0.15, 0.2) is 22.1 Å². The Bertz CT molecular complexity index is 1230. The lowest BCUT2D eigenvalue weighted by Crippen LogP contribution is -2.28. The standard InChI is InChI=1S/C25H29IN6OS/c1-4-13-31(5-2)14-15-32-24-22(23(27-17-28-24)29-18-9-7-6-8-10-18)30-25(32)34-21-16-19(33-3)11-12-20(21)26/h6-12,16-17H,4-5,13-15H2,1-3H3,(H,27,28,29). The number of imidazole rings is 1. The Morgan fingerprint density at radius 3 is 2.65 bits per heavy atom. The van der Waals surface area contributed by atoms with Crippen molar-refractivity contribution in [2.45, 2.75) is 36.9 Å². The van der Waals surface area contributed by atoms with Crippen molar-refractivity contribution in [3.8, 4) is 5.75 Å². The molecule has 9 heteroatoms. The van der Waals surface area contributed by atoms with Crippen LogP contribution in [-0.2, 0) is 6.54 Å². The first kappa shape index (κ1) is 24.7. The van der Waals surface area contributed by atoms with Crippen LogP contribution in [0.2, 0.25) is 0 Å². The molecule has 0 spiro atoms. The highest BCUT2D eigenvalue weighted by molar-refractivity contribution is 14.1. The Labute approximate surface area is 218 Å². The zero-order valence-corrected chi connectivity index (χ0v) is 22.6. The number of hydrogen-bond donors (Lipinski definition) is 1. The molecule has 0 fully saturated rings. The number of hydrogen-bond acceptors (Lipinski definition) is 7. The van der Waals surface area contributed by atoms with Gasteiger partial charge in [0.1, 0.15) is 12.1 Å². The molecule has 178 valence electrons. The Morgan fingerprint density at radius 1 is 1.09 bits per heavy atom. The van der Waals surface area contributed by atoms with Crippen molar-refractivity contribution in [3.05, 3.63) is 58.4 Å². The highest BCUT2D eigenvalue weighted by Crippen LogP contribution is 2.36. The van der Waals surface area contributed by atoms with E-state index in [0.29, 0.717) is 5.82 Å². The van der Waals surface area contributed by atoms with Crippen molar-refractivity contribution in [1.29, 1.82) is 0 Å². The van der Waals surface area contributed by atoms with E-state index in [0.717, 1.165) is 68.8 Å². The van der Waals surface area contributed by atoms with Crippen LogP contribution in [-0.4, -0.2) is 51.2 Å². The highest BCUT2D eigenvalue weighted by Gasteiger charge is 2.19. The van der Waals surface area contributed by atoms with Crippen LogP contribution in [0.15, 0.2) is 64.9 Å². The molecule has 0 atom stereocenters. The van der Waals surface area contributed by atoms with Crippen LogP contribution in [0.4, 0.5) is 11.5 Å². The summed E-state index contributed by atoms with van der Waals surface area (Å²) in [6, 6.07) is 16.1. The number of para-hydroxylation sites is 1. The molecule has 2 aromatic heterocycles. The summed E-state index contributed by atoms with van der Waals surface area (Å²) in [6.07, 6.45) is 2.74. The van der Waals surface area contributed by atoms with Crippen molar-refractivity contribution in [3.63, 3.8) is 0 Å². The van der Waals surface area contributed by atoms with Crippen LogP contribution < -0.4 is 10.1 Å². The Morgan fingerprint density at radius 2 is 1.91 bits per heavy atom. The summed E-state index contributed by atoms with van der Waals surface area (Å²) in [5, 5.41) is 4.30. The first-order valence-electron chi connectivity index (χ1n) is 11.4. The van der Waals surface area contributed by atoms with Crippen LogP contribution in [0.25, 0.3) is 11.2 Å². The van der Waals surface area contributed by atoms with E-state index >= 15 is 0 Å². The van der Waals surface area contributed by atoms with Gasteiger partial charge in [-0.15, -0.1) is 0 Å². The molecule has 0 saturated carbocycles. The smallest absolute Gasteiger partial charge is 0.175 e. The monoisotopic (exact) mass is 588 g/mol. The SMILES string of the molecule is CCCN(CC)CCn1c(Sc2cc(OC)ccc2I)nc2c(Nc3ccccc3)ncnc21. The van der Waals surface area contributed by atoms with Crippen LogP contribution in [0.5, 0.6) is 5.75 Å². The molecule has 0 unspecified atom stereocenters. The molecule has 0 aliphatic heterocycles. The van der Waals surface area contributed by atoms with Gasteiger partial charge in [0.05, 0.1) is 7.11 Å². The fourth-order valence-electron chi connectivity index (χ4n) is 3.72. The van der Waals surface area contributed by atoms with E-state index in [1.165, 1.54) is 0 Å². The molecule has 7 nitrogen and oxygen atoms in total.